The third kappa shape index (κ3) is 5.84. The summed E-state index contributed by atoms with van der Waals surface area (Å²) in [6, 6.07) is 8.45. The van der Waals surface area contributed by atoms with Crippen LogP contribution in [0.15, 0.2) is 51.7 Å². The number of nitrogens with one attached hydrogen (secondary N) is 1. The molecule has 0 radical (unpaired) electrons. The molecule has 9 heteroatoms. The number of hydrogen-bond acceptors (Lipinski definition) is 5. The Hall–Kier alpha value is -2.45. The number of allylic oxidation sites excluding steroid dienone is 2. The van der Waals surface area contributed by atoms with Gasteiger partial charge in [0.1, 0.15) is 6.33 Å². The van der Waals surface area contributed by atoms with Crippen LogP contribution in [0.25, 0.3) is 17.0 Å². The van der Waals surface area contributed by atoms with Gasteiger partial charge in [-0.1, -0.05) is 35.0 Å². The number of aliphatic hydroxyl groups excluding tert-OH is 1. The van der Waals surface area contributed by atoms with Crippen molar-refractivity contribution in [3.8, 4) is 11.4 Å². The Labute approximate surface area is 150 Å². The highest BCUT2D eigenvalue weighted by atomic mass is 35.5. The van der Waals surface area contributed by atoms with Crippen LogP contribution in [0.3, 0.4) is 0 Å². The minimum absolute atomic E-state index is 0.0793. The zero-order chi connectivity index (χ0) is 17.9. The number of halogens is 1. The van der Waals surface area contributed by atoms with Gasteiger partial charge in [-0.25, -0.2) is 4.98 Å². The Morgan fingerprint density at radius 3 is 2.52 bits per heavy atom. The van der Waals surface area contributed by atoms with E-state index in [1.54, 1.807) is 11.0 Å². The maximum atomic E-state index is 8.89. The fraction of sp³-hybridized carbons (Fsp3) is 0.375. The Balaban J connectivity index is 0.000000399. The molecule has 2 aromatic rings. The fourth-order valence-electron chi connectivity index (χ4n) is 2.59. The van der Waals surface area contributed by atoms with E-state index in [2.05, 4.69) is 67.3 Å². The van der Waals surface area contributed by atoms with Gasteiger partial charge in [0, 0.05) is 5.56 Å². The molecule has 3 rings (SSSR count). The quantitative estimate of drug-likeness (QED) is 0.606. The van der Waals surface area contributed by atoms with Crippen molar-refractivity contribution in [3.05, 3.63) is 42.2 Å². The molecule has 0 amide bonds. The first-order chi connectivity index (χ1) is 12.3. The predicted molar refractivity (Wildman–Crippen MR) is 94.8 cm³/mol. The maximum absolute atomic E-state index is 8.89. The molecule has 2 N–H and O–H groups in total. The predicted octanol–water partition coefficient (Wildman–Crippen LogP) is 4.43. The van der Waals surface area contributed by atoms with Gasteiger partial charge in [0.05, 0.1) is 24.9 Å². The molecule has 25 heavy (non-hydrogen) atoms. The minimum Gasteiger partial charge on any atom is -0.394 e. The molecule has 0 fully saturated rings. The summed E-state index contributed by atoms with van der Waals surface area (Å²) in [6.45, 7) is 0.563. The average molecular weight is 362 g/mol. The van der Waals surface area contributed by atoms with Gasteiger partial charge in [0.15, 0.2) is 5.82 Å². The summed E-state index contributed by atoms with van der Waals surface area (Å²) in [5, 5.41) is 18.3. The molecule has 1 aromatic carbocycles. The fourth-order valence-corrected chi connectivity index (χ4v) is 2.62. The highest BCUT2D eigenvalue weighted by Gasteiger charge is 2.08. The summed E-state index contributed by atoms with van der Waals surface area (Å²) in [4.78, 5) is 4.27. The van der Waals surface area contributed by atoms with Crippen molar-refractivity contribution in [3.63, 3.8) is 0 Å². The first-order valence-corrected chi connectivity index (χ1v) is 8.30. The second-order valence-corrected chi connectivity index (χ2v) is 5.52. The molecule has 1 aromatic heterocycles. The van der Waals surface area contributed by atoms with E-state index < -0.39 is 0 Å². The second-order valence-electron chi connectivity index (χ2n) is 5.37. The molecule has 0 bridgehead atoms. The molecule has 0 aliphatic heterocycles. The van der Waals surface area contributed by atoms with Crippen molar-refractivity contribution in [2.24, 2.45) is 15.1 Å². The Morgan fingerprint density at radius 1 is 1.20 bits per heavy atom. The topological polar surface area (TPSA) is 112 Å². The molecule has 0 saturated carbocycles. The van der Waals surface area contributed by atoms with Crippen molar-refractivity contribution in [2.75, 3.05) is 6.61 Å². The third-order valence-electron chi connectivity index (χ3n) is 3.75. The zero-order valence-electron chi connectivity index (χ0n) is 13.7. The minimum atomic E-state index is 0.0793. The number of hydrogen-bond donors (Lipinski definition) is 2. The van der Waals surface area contributed by atoms with E-state index in [-0.39, 0.29) is 6.61 Å². The van der Waals surface area contributed by atoms with Crippen LogP contribution in [0.2, 0.25) is 0 Å². The van der Waals surface area contributed by atoms with Crippen LogP contribution in [-0.2, 0) is 6.54 Å². The molecule has 0 unspecified atom stereocenters. The van der Waals surface area contributed by atoms with Crippen LogP contribution in [0.1, 0.15) is 31.2 Å². The van der Waals surface area contributed by atoms with E-state index in [9.17, 15) is 0 Å². The van der Waals surface area contributed by atoms with Crippen LogP contribution >= 0.6 is 11.8 Å². The van der Waals surface area contributed by atoms with Crippen LogP contribution in [0, 0.1) is 5.53 Å². The lowest BCUT2D eigenvalue weighted by Crippen LogP contribution is -2.02. The molecule has 1 aliphatic carbocycles. The number of rotatable bonds is 5. The monoisotopic (exact) mass is 361 g/mol. The number of nitrogens with zero attached hydrogens (tertiary/aromatic N) is 6. The lowest BCUT2D eigenvalue weighted by Gasteiger charge is -2.12. The molecule has 0 spiro atoms. The van der Waals surface area contributed by atoms with Gasteiger partial charge in [-0.3, -0.25) is 4.68 Å². The summed E-state index contributed by atoms with van der Waals surface area (Å²) in [7, 11) is 0. The molecular weight excluding hydrogens is 342 g/mol. The van der Waals surface area contributed by atoms with E-state index in [1.807, 2.05) is 0 Å². The largest absolute Gasteiger partial charge is 0.394 e. The third-order valence-corrected chi connectivity index (χ3v) is 3.82. The van der Waals surface area contributed by atoms with Crippen molar-refractivity contribution in [1.29, 1.82) is 5.53 Å². The average Bonchev–Trinajstić information content (AvgIpc) is 3.13. The number of aromatic nitrogens is 3. The van der Waals surface area contributed by atoms with Crippen molar-refractivity contribution < 1.29 is 5.11 Å². The van der Waals surface area contributed by atoms with Crippen LogP contribution in [0.4, 0.5) is 0 Å². The standard InChI is InChI=1S/C16H19N3O.ClHN4/c20-11-10-19-12-17-16(18-19)15-8-6-14(7-9-15)13-4-2-1-3-5-13;1-3-5-4-2/h4,6-9,12,20H,1-3,5,10-11H2;2H. The summed E-state index contributed by atoms with van der Waals surface area (Å²) in [5.74, 6) is 0.711. The Bertz CT molecular complexity index is 724. The van der Waals surface area contributed by atoms with Crippen LogP contribution < -0.4 is 0 Å². The molecular formula is C16H20ClN7O. The van der Waals surface area contributed by atoms with Gasteiger partial charge in [0.2, 0.25) is 0 Å². The summed E-state index contributed by atoms with van der Waals surface area (Å²) in [6.07, 6.45) is 9.00. The first kappa shape index (κ1) is 18.9. The van der Waals surface area contributed by atoms with Gasteiger partial charge in [0.25, 0.3) is 0 Å². The molecule has 8 nitrogen and oxygen atoms in total. The normalized spacial score (nSPS) is 13.9. The number of benzene rings is 1. The highest BCUT2D eigenvalue weighted by molar-refractivity contribution is 6.13. The van der Waals surface area contributed by atoms with E-state index in [0.29, 0.717) is 12.4 Å². The summed E-state index contributed by atoms with van der Waals surface area (Å²) < 4.78 is 4.26. The van der Waals surface area contributed by atoms with Crippen molar-refractivity contribution >= 4 is 17.3 Å². The first-order valence-electron chi connectivity index (χ1n) is 7.96. The van der Waals surface area contributed by atoms with Gasteiger partial charge in [-0.2, -0.15) is 10.6 Å². The Kier molecular flexibility index (Phi) is 7.87. The van der Waals surface area contributed by atoms with Crippen LogP contribution in [0.5, 0.6) is 0 Å². The zero-order valence-corrected chi connectivity index (χ0v) is 14.5. The Morgan fingerprint density at radius 2 is 1.96 bits per heavy atom. The smallest absolute Gasteiger partial charge is 0.181 e. The van der Waals surface area contributed by atoms with Gasteiger partial charge in [-0.15, -0.1) is 0 Å². The van der Waals surface area contributed by atoms with Crippen molar-refractivity contribution in [1.82, 2.24) is 14.8 Å². The number of aliphatic hydroxyl groups is 1. The van der Waals surface area contributed by atoms with Crippen molar-refractivity contribution in [2.45, 2.75) is 32.2 Å². The van der Waals surface area contributed by atoms with Gasteiger partial charge < -0.3 is 5.11 Å². The maximum Gasteiger partial charge on any atom is 0.181 e. The van der Waals surface area contributed by atoms with E-state index in [4.69, 9.17) is 10.6 Å². The molecule has 132 valence electrons. The summed E-state index contributed by atoms with van der Waals surface area (Å²) in [5.41, 5.74) is 9.67. The molecule has 1 heterocycles. The molecule has 1 aliphatic rings. The van der Waals surface area contributed by atoms with E-state index in [1.165, 1.54) is 36.8 Å². The van der Waals surface area contributed by atoms with Crippen LogP contribution in [-0.4, -0.2) is 26.5 Å². The molecule has 0 atom stereocenters. The van der Waals surface area contributed by atoms with Gasteiger partial charge in [-0.05, 0) is 47.3 Å². The lowest BCUT2D eigenvalue weighted by molar-refractivity contribution is 0.269. The van der Waals surface area contributed by atoms with E-state index >= 15 is 0 Å². The lowest BCUT2D eigenvalue weighted by atomic mass is 9.93. The van der Waals surface area contributed by atoms with Gasteiger partial charge >= 0.3 is 0 Å². The van der Waals surface area contributed by atoms with E-state index in [0.717, 1.165) is 5.56 Å². The summed E-state index contributed by atoms with van der Waals surface area (Å²) >= 11 is 4.55. The SMILES string of the molecule is N=NN=NCl.OCCn1cnc(-c2ccc(C3=CCCCC3)cc2)n1. The second kappa shape index (κ2) is 10.4. The highest BCUT2D eigenvalue weighted by Crippen LogP contribution is 2.27. The molecule has 0 saturated heterocycles.